The fraction of sp³-hybridized carbons (Fsp3) is 0.857. The Bertz CT molecular complexity index is 517. The number of rotatable bonds is 4. The van der Waals surface area contributed by atoms with Gasteiger partial charge in [-0.05, 0) is 20.8 Å². The number of sulfonamides is 1. The highest BCUT2D eigenvalue weighted by atomic mass is 32.2. The third-order valence-corrected chi connectivity index (χ3v) is 5.29. The van der Waals surface area contributed by atoms with E-state index in [4.69, 9.17) is 0 Å². The van der Waals surface area contributed by atoms with Crippen molar-refractivity contribution in [2.75, 3.05) is 39.0 Å². The van der Waals surface area contributed by atoms with E-state index >= 15 is 0 Å². The molecule has 0 atom stereocenters. The van der Waals surface area contributed by atoms with Gasteiger partial charge in [-0.15, -0.1) is 0 Å². The van der Waals surface area contributed by atoms with Crippen molar-refractivity contribution in [1.29, 1.82) is 0 Å². The first kappa shape index (κ1) is 18.9. The van der Waals surface area contributed by atoms with E-state index in [0.29, 0.717) is 26.2 Å². The lowest BCUT2D eigenvalue weighted by molar-refractivity contribution is -0.138. The molecule has 0 spiro atoms. The van der Waals surface area contributed by atoms with Gasteiger partial charge in [-0.2, -0.15) is 4.31 Å². The van der Waals surface area contributed by atoms with Crippen molar-refractivity contribution in [3.63, 3.8) is 0 Å². The minimum Gasteiger partial charge on any atom is -0.339 e. The topological polar surface area (TPSA) is 78.0 Å². The van der Waals surface area contributed by atoms with Crippen LogP contribution in [0.5, 0.6) is 0 Å². The average Bonchev–Trinajstić information content (AvgIpc) is 2.35. The first-order chi connectivity index (χ1) is 9.93. The predicted octanol–water partition coefficient (Wildman–Crippen LogP) is 0.127. The summed E-state index contributed by atoms with van der Waals surface area (Å²) in [4.78, 5) is 26.9. The molecule has 2 amide bonds. The summed E-state index contributed by atoms with van der Waals surface area (Å²) in [5.41, 5.74) is -0.554. The van der Waals surface area contributed by atoms with Crippen molar-refractivity contribution in [2.45, 2.75) is 39.7 Å². The number of carbonyl (C=O) groups excluding carboxylic acids is 2. The first-order valence-electron chi connectivity index (χ1n) is 7.44. The lowest BCUT2D eigenvalue weighted by Gasteiger charge is -2.36. The molecule has 0 saturated carbocycles. The fourth-order valence-corrected chi connectivity index (χ4v) is 4.04. The molecule has 22 heavy (non-hydrogen) atoms. The summed E-state index contributed by atoms with van der Waals surface area (Å²) in [7, 11) is -3.36. The van der Waals surface area contributed by atoms with E-state index < -0.39 is 15.6 Å². The summed E-state index contributed by atoms with van der Waals surface area (Å²) in [5, 5.41) is 0. The number of hydrogen-bond acceptors (Lipinski definition) is 4. The van der Waals surface area contributed by atoms with E-state index in [1.165, 1.54) is 11.2 Å². The van der Waals surface area contributed by atoms with Crippen molar-refractivity contribution in [3.8, 4) is 0 Å². The Labute approximate surface area is 133 Å². The Kier molecular flexibility index (Phi) is 5.97. The van der Waals surface area contributed by atoms with Gasteiger partial charge in [-0.1, -0.05) is 0 Å². The van der Waals surface area contributed by atoms with Gasteiger partial charge in [0, 0.05) is 51.6 Å². The Morgan fingerprint density at radius 3 is 1.86 bits per heavy atom. The molecule has 1 fully saturated rings. The second-order valence-electron chi connectivity index (χ2n) is 6.64. The van der Waals surface area contributed by atoms with Gasteiger partial charge in [0.25, 0.3) is 0 Å². The van der Waals surface area contributed by atoms with Crippen LogP contribution in [-0.2, 0) is 19.6 Å². The summed E-state index contributed by atoms with van der Waals surface area (Å²) in [6.07, 6.45) is 1.32. The van der Waals surface area contributed by atoms with Gasteiger partial charge in [0.15, 0.2) is 0 Å². The standard InChI is InChI=1S/C14H27N3O4S/c1-12(18)15-8-10-16(11-9-15)13(19)6-7-17(14(2,3)4)22(5,20)21/h6-11H2,1-5H3. The molecule has 1 aliphatic heterocycles. The molecule has 0 aromatic carbocycles. The largest absolute Gasteiger partial charge is 0.339 e. The molecule has 7 nitrogen and oxygen atoms in total. The molecular formula is C14H27N3O4S. The van der Waals surface area contributed by atoms with Gasteiger partial charge >= 0.3 is 0 Å². The highest BCUT2D eigenvalue weighted by molar-refractivity contribution is 7.88. The maximum atomic E-state index is 12.2. The SMILES string of the molecule is CC(=O)N1CCN(C(=O)CCN(C(C)(C)C)S(C)(=O)=O)CC1. The second kappa shape index (κ2) is 6.95. The Hall–Kier alpha value is -1.15. The number of amides is 2. The van der Waals surface area contributed by atoms with E-state index in [-0.39, 0.29) is 24.8 Å². The summed E-state index contributed by atoms with van der Waals surface area (Å²) >= 11 is 0. The van der Waals surface area contributed by atoms with Crippen LogP contribution in [0.4, 0.5) is 0 Å². The number of hydrogen-bond donors (Lipinski definition) is 0. The predicted molar refractivity (Wildman–Crippen MR) is 84.8 cm³/mol. The van der Waals surface area contributed by atoms with E-state index in [2.05, 4.69) is 0 Å². The monoisotopic (exact) mass is 333 g/mol. The van der Waals surface area contributed by atoms with Crippen LogP contribution >= 0.6 is 0 Å². The van der Waals surface area contributed by atoms with Gasteiger partial charge in [0.1, 0.15) is 0 Å². The zero-order valence-corrected chi connectivity index (χ0v) is 14.9. The van der Waals surface area contributed by atoms with E-state index in [1.54, 1.807) is 9.80 Å². The summed E-state index contributed by atoms with van der Waals surface area (Å²) in [6.45, 7) is 9.21. The second-order valence-corrected chi connectivity index (χ2v) is 8.55. The van der Waals surface area contributed by atoms with Crippen molar-refractivity contribution in [1.82, 2.24) is 14.1 Å². The molecule has 1 aliphatic rings. The minimum absolute atomic E-state index is 0.0167. The van der Waals surface area contributed by atoms with Crippen molar-refractivity contribution >= 4 is 21.8 Å². The molecule has 0 unspecified atom stereocenters. The van der Waals surface area contributed by atoms with Crippen LogP contribution in [0.15, 0.2) is 0 Å². The number of piperazine rings is 1. The van der Waals surface area contributed by atoms with Crippen LogP contribution in [0, 0.1) is 0 Å². The van der Waals surface area contributed by atoms with E-state index in [0.717, 1.165) is 6.26 Å². The minimum atomic E-state index is -3.36. The van der Waals surface area contributed by atoms with Crippen molar-refractivity contribution in [3.05, 3.63) is 0 Å². The lowest BCUT2D eigenvalue weighted by Crippen LogP contribution is -2.51. The van der Waals surface area contributed by atoms with Crippen LogP contribution in [0.1, 0.15) is 34.1 Å². The quantitative estimate of drug-likeness (QED) is 0.732. The van der Waals surface area contributed by atoms with Crippen LogP contribution in [0.25, 0.3) is 0 Å². The highest BCUT2D eigenvalue weighted by Gasteiger charge is 2.30. The molecule has 0 bridgehead atoms. The van der Waals surface area contributed by atoms with Gasteiger partial charge < -0.3 is 9.80 Å². The Morgan fingerprint density at radius 1 is 1.05 bits per heavy atom. The Balaban J connectivity index is 2.57. The number of carbonyl (C=O) groups is 2. The highest BCUT2D eigenvalue weighted by Crippen LogP contribution is 2.18. The molecule has 1 heterocycles. The van der Waals surface area contributed by atoms with Gasteiger partial charge in [0.05, 0.1) is 6.26 Å². The van der Waals surface area contributed by atoms with Crippen LogP contribution in [0.3, 0.4) is 0 Å². The molecular weight excluding hydrogens is 306 g/mol. The third kappa shape index (κ3) is 5.24. The average molecular weight is 333 g/mol. The van der Waals surface area contributed by atoms with Gasteiger partial charge in [0.2, 0.25) is 21.8 Å². The zero-order valence-electron chi connectivity index (χ0n) is 14.1. The molecule has 8 heteroatoms. The number of nitrogens with zero attached hydrogens (tertiary/aromatic N) is 3. The smallest absolute Gasteiger partial charge is 0.224 e. The lowest BCUT2D eigenvalue weighted by atomic mass is 10.1. The molecule has 0 aromatic heterocycles. The maximum absolute atomic E-state index is 12.2. The first-order valence-corrected chi connectivity index (χ1v) is 9.29. The van der Waals surface area contributed by atoms with Crippen molar-refractivity contribution in [2.24, 2.45) is 0 Å². The Morgan fingerprint density at radius 2 is 1.50 bits per heavy atom. The molecule has 0 radical (unpaired) electrons. The van der Waals surface area contributed by atoms with E-state index in [1.807, 2.05) is 20.8 Å². The van der Waals surface area contributed by atoms with Gasteiger partial charge in [-0.3, -0.25) is 9.59 Å². The van der Waals surface area contributed by atoms with E-state index in [9.17, 15) is 18.0 Å². The van der Waals surface area contributed by atoms with Crippen LogP contribution in [0.2, 0.25) is 0 Å². The fourth-order valence-electron chi connectivity index (χ4n) is 2.62. The molecule has 0 aromatic rings. The molecule has 128 valence electrons. The maximum Gasteiger partial charge on any atom is 0.224 e. The van der Waals surface area contributed by atoms with Crippen molar-refractivity contribution < 1.29 is 18.0 Å². The molecule has 0 N–H and O–H groups in total. The third-order valence-electron chi connectivity index (χ3n) is 3.75. The summed E-state index contributed by atoms with van der Waals surface area (Å²) in [6, 6.07) is 0. The zero-order chi connectivity index (χ0) is 17.1. The molecule has 0 aliphatic carbocycles. The van der Waals surface area contributed by atoms with Gasteiger partial charge in [-0.25, -0.2) is 8.42 Å². The summed E-state index contributed by atoms with van der Waals surface area (Å²) < 4.78 is 25.0. The molecule has 1 saturated heterocycles. The molecule has 1 rings (SSSR count). The van der Waals surface area contributed by atoms with Crippen LogP contribution < -0.4 is 0 Å². The summed E-state index contributed by atoms with van der Waals surface area (Å²) in [5.74, 6) is -0.0517. The van der Waals surface area contributed by atoms with Crippen LogP contribution in [-0.4, -0.2) is 78.9 Å². The normalized spacial score (nSPS) is 17.0.